The van der Waals surface area contributed by atoms with E-state index in [4.69, 9.17) is 20.5 Å². The van der Waals surface area contributed by atoms with E-state index in [-0.39, 0.29) is 23.7 Å². The molecule has 4 N–H and O–H groups in total. The van der Waals surface area contributed by atoms with Gasteiger partial charge in [-0.1, -0.05) is 0 Å². The number of rotatable bonds is 7. The van der Waals surface area contributed by atoms with Crippen LogP contribution in [-0.4, -0.2) is 31.6 Å². The Balaban J connectivity index is 2.16. The fourth-order valence-corrected chi connectivity index (χ4v) is 3.11. The molecule has 2 rings (SSSR count). The number of methoxy groups -OCH3 is 1. The van der Waals surface area contributed by atoms with Crippen molar-refractivity contribution in [3.63, 3.8) is 0 Å². The molecule has 0 saturated carbocycles. The third-order valence-electron chi connectivity index (χ3n) is 3.64. The number of benzene rings is 2. The van der Waals surface area contributed by atoms with E-state index in [1.54, 1.807) is 12.1 Å². The molecule has 2 aromatic rings. The van der Waals surface area contributed by atoms with Gasteiger partial charge in [0.1, 0.15) is 17.5 Å². The number of ether oxygens (including phenoxy) is 2. The molecule has 31 heavy (non-hydrogen) atoms. The van der Waals surface area contributed by atoms with Crippen LogP contribution in [-0.2, 0) is 9.59 Å². The van der Waals surface area contributed by atoms with Crippen LogP contribution in [0, 0.1) is 20.7 Å². The van der Waals surface area contributed by atoms with Crippen LogP contribution < -0.4 is 25.8 Å². The highest BCUT2D eigenvalue weighted by Gasteiger charge is 2.16. The minimum atomic E-state index is -1.08. The van der Waals surface area contributed by atoms with E-state index in [2.05, 4.69) is 5.32 Å². The zero-order chi connectivity index (χ0) is 23.0. The lowest BCUT2D eigenvalue weighted by atomic mass is 10.1. The average Bonchev–Trinajstić information content (AvgIpc) is 2.71. The molecule has 2 aromatic carbocycles. The Morgan fingerprint density at radius 3 is 2.52 bits per heavy atom. The molecule has 0 radical (unpaired) electrons. The maximum atomic E-state index is 12.9. The first-order valence-corrected chi connectivity index (χ1v) is 9.59. The van der Waals surface area contributed by atoms with Gasteiger partial charge in [0.2, 0.25) is 0 Å². The second-order valence-corrected chi connectivity index (χ2v) is 7.03. The van der Waals surface area contributed by atoms with E-state index < -0.39 is 23.7 Å². The van der Waals surface area contributed by atoms with E-state index in [1.165, 1.54) is 43.5 Å². The predicted molar refractivity (Wildman–Crippen MR) is 118 cm³/mol. The summed E-state index contributed by atoms with van der Waals surface area (Å²) in [5.41, 5.74) is 5.37. The van der Waals surface area contributed by atoms with Crippen LogP contribution in [0.25, 0.3) is 6.08 Å². The molecule has 9 nitrogen and oxygen atoms in total. The lowest BCUT2D eigenvalue weighted by Crippen LogP contribution is -2.35. The van der Waals surface area contributed by atoms with E-state index in [9.17, 15) is 18.8 Å². The van der Waals surface area contributed by atoms with E-state index in [0.717, 1.165) is 0 Å². The molecule has 0 unspecified atom stereocenters. The largest absolute Gasteiger partial charge is 0.493 e. The second-order valence-electron chi connectivity index (χ2n) is 5.87. The van der Waals surface area contributed by atoms with Gasteiger partial charge in [-0.2, -0.15) is 5.26 Å². The summed E-state index contributed by atoms with van der Waals surface area (Å²) in [6.07, 6.45) is 1.24. The number of imide groups is 1. The van der Waals surface area contributed by atoms with Gasteiger partial charge in [0.05, 0.1) is 10.7 Å². The highest BCUT2D eigenvalue weighted by atomic mass is 127. The molecule has 0 aliphatic heterocycles. The van der Waals surface area contributed by atoms with Gasteiger partial charge in [-0.25, -0.2) is 9.18 Å². The smallest absolute Gasteiger partial charge is 0.319 e. The summed E-state index contributed by atoms with van der Waals surface area (Å²) >= 11 is 1.94. The van der Waals surface area contributed by atoms with Crippen LogP contribution in [0.15, 0.2) is 42.0 Å². The number of halogens is 2. The van der Waals surface area contributed by atoms with Crippen molar-refractivity contribution in [2.45, 2.75) is 0 Å². The van der Waals surface area contributed by atoms with Gasteiger partial charge < -0.3 is 20.5 Å². The number of nitriles is 1. The molecule has 0 heterocycles. The quantitative estimate of drug-likeness (QED) is 0.281. The van der Waals surface area contributed by atoms with Crippen molar-refractivity contribution < 1.29 is 28.2 Å². The average molecular weight is 538 g/mol. The van der Waals surface area contributed by atoms with Crippen molar-refractivity contribution in [2.75, 3.05) is 19.0 Å². The fraction of sp³-hybridized carbons (Fsp3) is 0.100. The number of nitrogens with one attached hydrogen (secondary N) is 2. The van der Waals surface area contributed by atoms with Crippen LogP contribution in [0.3, 0.4) is 0 Å². The van der Waals surface area contributed by atoms with E-state index in [1.807, 2.05) is 27.9 Å². The normalized spacial score (nSPS) is 10.6. The van der Waals surface area contributed by atoms with Gasteiger partial charge in [-0.3, -0.25) is 14.9 Å². The fourth-order valence-electron chi connectivity index (χ4n) is 2.33. The van der Waals surface area contributed by atoms with Crippen molar-refractivity contribution in [2.24, 2.45) is 5.73 Å². The molecule has 0 fully saturated rings. The van der Waals surface area contributed by atoms with Crippen LogP contribution in [0.1, 0.15) is 5.56 Å². The highest BCUT2D eigenvalue weighted by Crippen LogP contribution is 2.34. The minimum Gasteiger partial charge on any atom is -0.493 e. The summed E-state index contributed by atoms with van der Waals surface area (Å²) in [5, 5.41) is 13.5. The summed E-state index contributed by atoms with van der Waals surface area (Å²) in [6.45, 7) is -0.344. The lowest BCUT2D eigenvalue weighted by Gasteiger charge is -2.14. The Hall–Kier alpha value is -3.66. The number of hydrogen-bond donors (Lipinski definition) is 3. The summed E-state index contributed by atoms with van der Waals surface area (Å²) in [6, 6.07) is 8.95. The molecule has 0 atom stereocenters. The molecule has 0 aromatic heterocycles. The van der Waals surface area contributed by atoms with Gasteiger partial charge in [0.15, 0.2) is 18.1 Å². The molecule has 4 amide bonds. The molecule has 0 bridgehead atoms. The van der Waals surface area contributed by atoms with Crippen molar-refractivity contribution in [1.82, 2.24) is 5.32 Å². The lowest BCUT2D eigenvalue weighted by molar-refractivity contribution is -0.118. The monoisotopic (exact) mass is 538 g/mol. The number of primary amides is 1. The summed E-state index contributed by atoms with van der Waals surface area (Å²) in [7, 11) is 1.38. The number of carbonyl (C=O) groups excluding carboxylic acids is 3. The molecular weight excluding hydrogens is 522 g/mol. The first kappa shape index (κ1) is 23.6. The Labute approximate surface area is 190 Å². The molecule has 0 aliphatic rings. The summed E-state index contributed by atoms with van der Waals surface area (Å²) < 4.78 is 24.3. The highest BCUT2D eigenvalue weighted by molar-refractivity contribution is 14.1. The van der Waals surface area contributed by atoms with Gasteiger partial charge in [-0.05, 0) is 70.6 Å². The van der Waals surface area contributed by atoms with Crippen molar-refractivity contribution in [3.05, 3.63) is 56.9 Å². The maximum absolute atomic E-state index is 12.9. The summed E-state index contributed by atoms with van der Waals surface area (Å²) in [5.74, 6) is -1.31. The van der Waals surface area contributed by atoms with Crippen LogP contribution in [0.5, 0.6) is 11.5 Å². The zero-order valence-electron chi connectivity index (χ0n) is 16.1. The number of hydrogen-bond acceptors (Lipinski definition) is 6. The van der Waals surface area contributed by atoms with Crippen molar-refractivity contribution in [3.8, 4) is 17.6 Å². The van der Waals surface area contributed by atoms with Gasteiger partial charge in [0.25, 0.3) is 11.8 Å². The number of anilines is 1. The second kappa shape index (κ2) is 10.9. The number of nitrogens with two attached hydrogens (primary N) is 1. The maximum Gasteiger partial charge on any atom is 0.319 e. The third kappa shape index (κ3) is 6.96. The van der Waals surface area contributed by atoms with Crippen LogP contribution in [0.4, 0.5) is 14.9 Å². The Morgan fingerprint density at radius 1 is 1.26 bits per heavy atom. The van der Waals surface area contributed by atoms with Crippen molar-refractivity contribution >= 4 is 52.2 Å². The first-order chi connectivity index (χ1) is 14.7. The molecule has 0 saturated heterocycles. The molecule has 0 aliphatic carbocycles. The first-order valence-electron chi connectivity index (χ1n) is 8.51. The van der Waals surface area contributed by atoms with Crippen molar-refractivity contribution in [1.29, 1.82) is 5.26 Å². The Morgan fingerprint density at radius 2 is 1.94 bits per heavy atom. The number of nitrogens with zero attached hydrogens (tertiary/aromatic N) is 1. The summed E-state index contributed by atoms with van der Waals surface area (Å²) in [4.78, 5) is 34.7. The van der Waals surface area contributed by atoms with Crippen LogP contribution in [0.2, 0.25) is 0 Å². The zero-order valence-corrected chi connectivity index (χ0v) is 18.2. The van der Waals surface area contributed by atoms with Gasteiger partial charge >= 0.3 is 6.03 Å². The molecule has 160 valence electrons. The molecule has 11 heteroatoms. The molecule has 0 spiro atoms. The Bertz CT molecular complexity index is 1080. The third-order valence-corrected chi connectivity index (χ3v) is 4.44. The SMILES string of the molecule is COc1cc(/C=C(/C#N)C(=O)NC(N)=O)cc(I)c1OCC(=O)Nc1ccc(F)cc1. The number of carbonyl (C=O) groups is 3. The number of amides is 4. The number of urea groups is 1. The van der Waals surface area contributed by atoms with Crippen LogP contribution >= 0.6 is 22.6 Å². The Kier molecular flexibility index (Phi) is 8.33. The minimum absolute atomic E-state index is 0.250. The standard InChI is InChI=1S/C20H16FIN4O5/c1-30-16-8-11(6-12(9-23)19(28)26-20(24)29)7-15(22)18(16)31-10-17(27)25-14-4-2-13(21)3-5-14/h2-8H,10H2,1H3,(H,25,27)(H3,24,26,28,29)/b12-6-. The van der Waals surface area contributed by atoms with Gasteiger partial charge in [-0.15, -0.1) is 0 Å². The topological polar surface area (TPSA) is 144 Å². The van der Waals surface area contributed by atoms with E-state index in [0.29, 0.717) is 14.8 Å². The molecular formula is C20H16FIN4O5. The van der Waals surface area contributed by atoms with Gasteiger partial charge in [0, 0.05) is 5.69 Å². The predicted octanol–water partition coefficient (Wildman–Crippen LogP) is 2.56. The van der Waals surface area contributed by atoms with E-state index >= 15 is 0 Å².